The maximum atomic E-state index is 10.7. The summed E-state index contributed by atoms with van der Waals surface area (Å²) in [4.78, 5) is 15.6. The van der Waals surface area contributed by atoms with E-state index < -0.39 is 6.03 Å². The van der Waals surface area contributed by atoms with Crippen molar-refractivity contribution in [2.24, 2.45) is 5.73 Å². The van der Waals surface area contributed by atoms with Crippen LogP contribution < -0.4 is 5.73 Å². The van der Waals surface area contributed by atoms with Gasteiger partial charge in [0, 0.05) is 37.7 Å². The lowest BCUT2D eigenvalue weighted by Crippen LogP contribution is -2.48. The first-order chi connectivity index (χ1) is 14.5. The minimum atomic E-state index is -0.872. The number of ether oxygens (including phenoxy) is 1. The Hall–Kier alpha value is -2.16. The number of rotatable bonds is 9. The van der Waals surface area contributed by atoms with E-state index in [0.29, 0.717) is 11.7 Å². The fourth-order valence-corrected chi connectivity index (χ4v) is 3.82. The molecule has 1 fully saturated rings. The van der Waals surface area contributed by atoms with Gasteiger partial charge in [0.05, 0.1) is 25.8 Å². The van der Waals surface area contributed by atoms with Gasteiger partial charge in [0.2, 0.25) is 0 Å². The van der Waals surface area contributed by atoms with Gasteiger partial charge in [-0.3, -0.25) is 15.0 Å². The van der Waals surface area contributed by atoms with Crippen LogP contribution in [0.3, 0.4) is 0 Å². The molecule has 0 bridgehead atoms. The highest BCUT2D eigenvalue weighted by molar-refractivity contribution is 6.30. The van der Waals surface area contributed by atoms with Crippen molar-refractivity contribution in [1.82, 2.24) is 14.9 Å². The lowest BCUT2D eigenvalue weighted by atomic mass is 9.96. The fourth-order valence-electron chi connectivity index (χ4n) is 3.70. The summed E-state index contributed by atoms with van der Waals surface area (Å²) in [6, 6.07) is 18.0. The number of hydrogen-bond acceptors (Lipinski definition) is 5. The van der Waals surface area contributed by atoms with Crippen LogP contribution in [0.2, 0.25) is 5.02 Å². The van der Waals surface area contributed by atoms with E-state index >= 15 is 0 Å². The minimum absolute atomic E-state index is 0.0724. The number of urea groups is 1. The summed E-state index contributed by atoms with van der Waals surface area (Å²) in [6.45, 7) is 5.50. The fraction of sp³-hybridized carbons (Fsp3) is 0.409. The highest BCUT2D eigenvalue weighted by atomic mass is 35.5. The molecule has 3 rings (SSSR count). The van der Waals surface area contributed by atoms with Gasteiger partial charge in [-0.15, -0.1) is 0 Å². The monoisotopic (exact) mass is 432 g/mol. The Morgan fingerprint density at radius 2 is 1.67 bits per heavy atom. The molecule has 1 aliphatic rings. The van der Waals surface area contributed by atoms with Crippen molar-refractivity contribution in [3.8, 4) is 0 Å². The zero-order valence-electron chi connectivity index (χ0n) is 17.0. The molecule has 1 heterocycles. The molecule has 0 aromatic heterocycles. The first kappa shape index (κ1) is 22.5. The number of hydroxylamine groups is 2. The van der Waals surface area contributed by atoms with E-state index in [-0.39, 0.29) is 19.2 Å². The van der Waals surface area contributed by atoms with Gasteiger partial charge in [-0.2, -0.15) is 0 Å². The van der Waals surface area contributed by atoms with Gasteiger partial charge >= 0.3 is 6.03 Å². The van der Waals surface area contributed by atoms with E-state index in [1.165, 1.54) is 11.1 Å². The lowest BCUT2D eigenvalue weighted by molar-refractivity contribution is -0.0578. The molecule has 1 aliphatic heterocycles. The average Bonchev–Trinajstić information content (AvgIpc) is 2.76. The SMILES string of the molecule is NC(=O)N(O)CCOCCN1CCN([C@H](c2ccccc2)c2ccc(Cl)cc2)CC1. The number of piperazine rings is 1. The molecule has 162 valence electrons. The van der Waals surface area contributed by atoms with Crippen molar-refractivity contribution in [1.29, 1.82) is 0 Å². The van der Waals surface area contributed by atoms with Crippen molar-refractivity contribution in [2.45, 2.75) is 6.04 Å². The summed E-state index contributed by atoms with van der Waals surface area (Å²) in [7, 11) is 0. The molecule has 0 aliphatic carbocycles. The first-order valence-corrected chi connectivity index (χ1v) is 10.5. The van der Waals surface area contributed by atoms with Gasteiger partial charge in [0.1, 0.15) is 0 Å². The summed E-state index contributed by atoms with van der Waals surface area (Å²) in [5.74, 6) is 0. The molecule has 8 heteroatoms. The van der Waals surface area contributed by atoms with Gasteiger partial charge in [0.25, 0.3) is 0 Å². The Morgan fingerprint density at radius 1 is 1.03 bits per heavy atom. The van der Waals surface area contributed by atoms with E-state index in [1.54, 1.807) is 0 Å². The third kappa shape index (κ3) is 6.42. The van der Waals surface area contributed by atoms with E-state index in [9.17, 15) is 10.0 Å². The summed E-state index contributed by atoms with van der Waals surface area (Å²) >= 11 is 6.10. The van der Waals surface area contributed by atoms with Crippen LogP contribution in [0.1, 0.15) is 17.2 Å². The molecule has 2 amide bonds. The molecule has 0 spiro atoms. The summed E-state index contributed by atoms with van der Waals surface area (Å²) < 4.78 is 5.50. The highest BCUT2D eigenvalue weighted by Gasteiger charge is 2.26. The smallest absolute Gasteiger partial charge is 0.338 e. The van der Waals surface area contributed by atoms with Crippen LogP contribution in [0.15, 0.2) is 54.6 Å². The Kier molecular flexibility index (Phi) is 8.48. The molecule has 2 aromatic rings. The van der Waals surface area contributed by atoms with Crippen molar-refractivity contribution < 1.29 is 14.7 Å². The van der Waals surface area contributed by atoms with Crippen LogP contribution in [0, 0.1) is 0 Å². The van der Waals surface area contributed by atoms with Gasteiger partial charge in [-0.1, -0.05) is 54.1 Å². The lowest BCUT2D eigenvalue weighted by Gasteiger charge is -2.39. The average molecular weight is 433 g/mol. The van der Waals surface area contributed by atoms with Crippen LogP contribution in [-0.2, 0) is 4.74 Å². The molecule has 3 N–H and O–H groups in total. The number of amides is 2. The summed E-state index contributed by atoms with van der Waals surface area (Å²) in [5, 5.41) is 10.4. The molecular formula is C22H29ClN4O3. The summed E-state index contributed by atoms with van der Waals surface area (Å²) in [5.41, 5.74) is 7.48. The molecule has 1 atom stereocenters. The zero-order chi connectivity index (χ0) is 21.3. The van der Waals surface area contributed by atoms with Crippen LogP contribution >= 0.6 is 11.6 Å². The Balaban J connectivity index is 1.51. The van der Waals surface area contributed by atoms with E-state index in [0.717, 1.165) is 37.7 Å². The Bertz CT molecular complexity index is 783. The number of carbonyl (C=O) groups excluding carboxylic acids is 1. The molecule has 1 saturated heterocycles. The van der Waals surface area contributed by atoms with Crippen molar-refractivity contribution in [3.63, 3.8) is 0 Å². The predicted octanol–water partition coefficient (Wildman–Crippen LogP) is 2.83. The third-order valence-electron chi connectivity index (χ3n) is 5.33. The van der Waals surface area contributed by atoms with Crippen LogP contribution in [0.5, 0.6) is 0 Å². The van der Waals surface area contributed by atoms with Crippen molar-refractivity contribution in [2.75, 3.05) is 52.5 Å². The molecule has 0 unspecified atom stereocenters. The maximum absolute atomic E-state index is 10.7. The number of nitrogens with two attached hydrogens (primary N) is 1. The van der Waals surface area contributed by atoms with E-state index in [2.05, 4.69) is 46.2 Å². The molecule has 30 heavy (non-hydrogen) atoms. The topological polar surface area (TPSA) is 82.3 Å². The molecule has 0 saturated carbocycles. The second-order valence-corrected chi connectivity index (χ2v) is 7.75. The van der Waals surface area contributed by atoms with E-state index in [1.807, 2.05) is 18.2 Å². The van der Waals surface area contributed by atoms with E-state index in [4.69, 9.17) is 22.1 Å². The van der Waals surface area contributed by atoms with Crippen LogP contribution in [-0.4, -0.2) is 78.6 Å². The summed E-state index contributed by atoms with van der Waals surface area (Å²) in [6.07, 6.45) is 0. The van der Waals surface area contributed by atoms with Crippen molar-refractivity contribution in [3.05, 3.63) is 70.7 Å². The Morgan fingerprint density at radius 3 is 2.30 bits per heavy atom. The predicted molar refractivity (Wildman–Crippen MR) is 117 cm³/mol. The van der Waals surface area contributed by atoms with Gasteiger partial charge in [-0.05, 0) is 23.3 Å². The highest BCUT2D eigenvalue weighted by Crippen LogP contribution is 2.30. The minimum Gasteiger partial charge on any atom is -0.378 e. The Labute approximate surface area is 182 Å². The number of primary amides is 1. The van der Waals surface area contributed by atoms with Gasteiger partial charge in [-0.25, -0.2) is 9.86 Å². The van der Waals surface area contributed by atoms with Gasteiger partial charge in [0.15, 0.2) is 0 Å². The molecule has 7 nitrogen and oxygen atoms in total. The normalized spacial score (nSPS) is 16.3. The standard InChI is InChI=1S/C22H29ClN4O3/c23-20-8-6-19(7-9-20)21(18-4-2-1-3-5-18)26-12-10-25(11-13-26)14-16-30-17-15-27(29)22(24)28/h1-9,21,29H,10-17H2,(H2,24,28)/t21-/m1/s1. The van der Waals surface area contributed by atoms with Gasteiger partial charge < -0.3 is 10.5 Å². The van der Waals surface area contributed by atoms with Crippen LogP contribution in [0.25, 0.3) is 0 Å². The molecule has 0 radical (unpaired) electrons. The number of nitrogens with zero attached hydrogens (tertiary/aromatic N) is 3. The maximum Gasteiger partial charge on any atom is 0.338 e. The third-order valence-corrected chi connectivity index (χ3v) is 5.58. The van der Waals surface area contributed by atoms with Crippen molar-refractivity contribution >= 4 is 17.6 Å². The number of carbonyl (C=O) groups is 1. The zero-order valence-corrected chi connectivity index (χ0v) is 17.7. The first-order valence-electron chi connectivity index (χ1n) is 10.1. The molecule has 2 aromatic carbocycles. The van der Waals surface area contributed by atoms with Crippen LogP contribution in [0.4, 0.5) is 4.79 Å². The number of hydrogen-bond donors (Lipinski definition) is 2. The molecular weight excluding hydrogens is 404 g/mol. The largest absolute Gasteiger partial charge is 0.378 e. The second kappa shape index (κ2) is 11.3. The number of benzene rings is 2. The number of halogens is 1. The second-order valence-electron chi connectivity index (χ2n) is 7.32. The quantitative estimate of drug-likeness (QED) is 0.361.